The molecule has 0 N–H and O–H groups in total. The molecule has 1 saturated heterocycles. The number of hydrogen-bond acceptors (Lipinski definition) is 1. The SMILES string of the molecule is C=CC1CC(=O)N(c2cccc(Cl)c2F)C1. The Hall–Kier alpha value is -1.35. The number of nitrogens with zero attached hydrogens (tertiary/aromatic N) is 1. The molecule has 4 heteroatoms. The van der Waals surface area contributed by atoms with E-state index < -0.39 is 5.82 Å². The Morgan fingerprint density at radius 3 is 2.94 bits per heavy atom. The highest BCUT2D eigenvalue weighted by Gasteiger charge is 2.30. The minimum absolute atomic E-state index is 0.0346. The summed E-state index contributed by atoms with van der Waals surface area (Å²) in [6.45, 7) is 4.12. The van der Waals surface area contributed by atoms with Gasteiger partial charge in [-0.1, -0.05) is 23.7 Å². The van der Waals surface area contributed by atoms with Crippen molar-refractivity contribution in [2.24, 2.45) is 5.92 Å². The molecule has 0 aromatic heterocycles. The zero-order valence-electron chi connectivity index (χ0n) is 8.62. The molecule has 0 saturated carbocycles. The van der Waals surface area contributed by atoms with Gasteiger partial charge in [0.25, 0.3) is 0 Å². The number of amides is 1. The Balaban J connectivity index is 2.35. The van der Waals surface area contributed by atoms with Gasteiger partial charge < -0.3 is 4.90 Å². The van der Waals surface area contributed by atoms with E-state index in [0.717, 1.165) is 0 Å². The Bertz CT molecular complexity index is 447. The van der Waals surface area contributed by atoms with Crippen molar-refractivity contribution in [3.8, 4) is 0 Å². The number of carbonyl (C=O) groups excluding carboxylic acids is 1. The van der Waals surface area contributed by atoms with Gasteiger partial charge in [0, 0.05) is 18.9 Å². The number of rotatable bonds is 2. The molecule has 1 aromatic carbocycles. The largest absolute Gasteiger partial charge is 0.309 e. The molecule has 0 bridgehead atoms. The molecule has 1 unspecified atom stereocenters. The highest BCUT2D eigenvalue weighted by molar-refractivity contribution is 6.31. The van der Waals surface area contributed by atoms with Gasteiger partial charge in [-0.3, -0.25) is 4.79 Å². The van der Waals surface area contributed by atoms with E-state index in [1.165, 1.54) is 11.0 Å². The van der Waals surface area contributed by atoms with Crippen LogP contribution < -0.4 is 4.90 Å². The Morgan fingerprint density at radius 2 is 2.31 bits per heavy atom. The number of halogens is 2. The Labute approximate surface area is 98.3 Å². The maximum absolute atomic E-state index is 13.7. The van der Waals surface area contributed by atoms with Crippen LogP contribution in [0.4, 0.5) is 10.1 Å². The summed E-state index contributed by atoms with van der Waals surface area (Å²) in [6, 6.07) is 4.66. The van der Waals surface area contributed by atoms with Crippen molar-refractivity contribution in [2.75, 3.05) is 11.4 Å². The van der Waals surface area contributed by atoms with Gasteiger partial charge in [-0.2, -0.15) is 0 Å². The molecule has 1 amide bonds. The van der Waals surface area contributed by atoms with Crippen LogP contribution in [0.2, 0.25) is 5.02 Å². The Morgan fingerprint density at radius 1 is 1.56 bits per heavy atom. The van der Waals surface area contributed by atoms with E-state index >= 15 is 0 Å². The quantitative estimate of drug-likeness (QED) is 0.727. The van der Waals surface area contributed by atoms with E-state index in [1.807, 2.05) is 0 Å². The normalized spacial score (nSPS) is 20.2. The van der Waals surface area contributed by atoms with Gasteiger partial charge >= 0.3 is 0 Å². The van der Waals surface area contributed by atoms with Crippen LogP contribution in [0.3, 0.4) is 0 Å². The first-order valence-electron chi connectivity index (χ1n) is 5.00. The van der Waals surface area contributed by atoms with E-state index in [-0.39, 0.29) is 22.5 Å². The van der Waals surface area contributed by atoms with Crippen LogP contribution in [0, 0.1) is 11.7 Å². The second-order valence-corrected chi connectivity index (χ2v) is 4.18. The first-order valence-corrected chi connectivity index (χ1v) is 5.38. The second kappa shape index (κ2) is 4.26. The molecule has 84 valence electrons. The summed E-state index contributed by atoms with van der Waals surface area (Å²) in [6.07, 6.45) is 2.11. The number of hydrogen-bond donors (Lipinski definition) is 0. The fourth-order valence-electron chi connectivity index (χ4n) is 1.83. The fraction of sp³-hybridized carbons (Fsp3) is 0.250. The summed E-state index contributed by atoms with van der Waals surface area (Å²) in [5.41, 5.74) is 0.252. The van der Waals surface area contributed by atoms with Crippen LogP contribution >= 0.6 is 11.6 Å². The van der Waals surface area contributed by atoms with Gasteiger partial charge in [-0.05, 0) is 12.1 Å². The summed E-state index contributed by atoms with van der Waals surface area (Å²) in [5.74, 6) is -0.542. The van der Waals surface area contributed by atoms with Crippen molar-refractivity contribution in [1.29, 1.82) is 0 Å². The lowest BCUT2D eigenvalue weighted by Crippen LogP contribution is -2.25. The standard InChI is InChI=1S/C12H11ClFNO/c1-2-8-6-11(16)15(7-8)10-5-3-4-9(13)12(10)14/h2-5,8H,1,6-7H2. The van der Waals surface area contributed by atoms with Crippen LogP contribution in [-0.2, 0) is 4.79 Å². The molecular weight excluding hydrogens is 229 g/mol. The van der Waals surface area contributed by atoms with Crippen molar-refractivity contribution < 1.29 is 9.18 Å². The third-order valence-corrected chi connectivity index (χ3v) is 3.00. The van der Waals surface area contributed by atoms with Crippen molar-refractivity contribution in [1.82, 2.24) is 0 Å². The number of carbonyl (C=O) groups is 1. The first-order chi connectivity index (χ1) is 7.63. The van der Waals surface area contributed by atoms with Crippen LogP contribution in [0.5, 0.6) is 0 Å². The summed E-state index contributed by atoms with van der Waals surface area (Å²) in [5, 5.41) is 0.0346. The number of anilines is 1. The lowest BCUT2D eigenvalue weighted by molar-refractivity contribution is -0.117. The number of benzene rings is 1. The molecule has 1 aromatic rings. The molecule has 0 aliphatic carbocycles. The average molecular weight is 240 g/mol. The summed E-state index contributed by atoms with van der Waals surface area (Å²) < 4.78 is 13.7. The molecule has 1 heterocycles. The third-order valence-electron chi connectivity index (χ3n) is 2.71. The van der Waals surface area contributed by atoms with Crippen molar-refractivity contribution in [2.45, 2.75) is 6.42 Å². The smallest absolute Gasteiger partial charge is 0.227 e. The third kappa shape index (κ3) is 1.83. The van der Waals surface area contributed by atoms with Gasteiger partial charge in [0.1, 0.15) is 0 Å². The molecule has 1 aliphatic rings. The zero-order valence-corrected chi connectivity index (χ0v) is 9.38. The molecular formula is C12H11ClFNO. The molecule has 2 nitrogen and oxygen atoms in total. The monoisotopic (exact) mass is 239 g/mol. The van der Waals surface area contributed by atoms with Crippen LogP contribution in [-0.4, -0.2) is 12.5 Å². The highest BCUT2D eigenvalue weighted by Crippen LogP contribution is 2.30. The van der Waals surface area contributed by atoms with Crippen molar-refractivity contribution in [3.05, 3.63) is 41.7 Å². The molecule has 1 aliphatic heterocycles. The van der Waals surface area contributed by atoms with Crippen LogP contribution in [0.15, 0.2) is 30.9 Å². The van der Waals surface area contributed by atoms with Gasteiger partial charge in [0.2, 0.25) is 5.91 Å². The Kier molecular flexibility index (Phi) is 2.97. The molecule has 0 radical (unpaired) electrons. The minimum atomic E-state index is -0.540. The highest BCUT2D eigenvalue weighted by atomic mass is 35.5. The van der Waals surface area contributed by atoms with Gasteiger partial charge in [-0.15, -0.1) is 6.58 Å². The topological polar surface area (TPSA) is 20.3 Å². The molecule has 1 fully saturated rings. The first kappa shape index (κ1) is 11.1. The van der Waals surface area contributed by atoms with Crippen LogP contribution in [0.25, 0.3) is 0 Å². The van der Waals surface area contributed by atoms with E-state index in [4.69, 9.17) is 11.6 Å². The van der Waals surface area contributed by atoms with Gasteiger partial charge in [-0.25, -0.2) is 4.39 Å². The van der Waals surface area contributed by atoms with E-state index in [9.17, 15) is 9.18 Å². The van der Waals surface area contributed by atoms with Crippen molar-refractivity contribution >= 4 is 23.2 Å². The molecule has 16 heavy (non-hydrogen) atoms. The second-order valence-electron chi connectivity index (χ2n) is 3.78. The maximum Gasteiger partial charge on any atom is 0.227 e. The predicted octanol–water partition coefficient (Wildman–Crippen LogP) is 3.02. The molecule has 0 spiro atoms. The lowest BCUT2D eigenvalue weighted by Gasteiger charge is -2.17. The van der Waals surface area contributed by atoms with E-state index in [0.29, 0.717) is 13.0 Å². The molecule has 1 atom stereocenters. The average Bonchev–Trinajstić information content (AvgIpc) is 2.64. The minimum Gasteiger partial charge on any atom is -0.309 e. The fourth-order valence-corrected chi connectivity index (χ4v) is 2.00. The van der Waals surface area contributed by atoms with Gasteiger partial charge in [0.05, 0.1) is 10.7 Å². The van der Waals surface area contributed by atoms with E-state index in [2.05, 4.69) is 6.58 Å². The van der Waals surface area contributed by atoms with E-state index in [1.54, 1.807) is 18.2 Å². The summed E-state index contributed by atoms with van der Waals surface area (Å²) in [7, 11) is 0. The lowest BCUT2D eigenvalue weighted by atomic mass is 10.1. The van der Waals surface area contributed by atoms with Crippen molar-refractivity contribution in [3.63, 3.8) is 0 Å². The van der Waals surface area contributed by atoms with Crippen LogP contribution in [0.1, 0.15) is 6.42 Å². The summed E-state index contributed by atoms with van der Waals surface area (Å²) in [4.78, 5) is 13.1. The molecule has 2 rings (SSSR count). The predicted molar refractivity (Wildman–Crippen MR) is 62.1 cm³/mol. The maximum atomic E-state index is 13.7. The summed E-state index contributed by atoms with van der Waals surface area (Å²) >= 11 is 5.68. The zero-order chi connectivity index (χ0) is 11.7. The van der Waals surface area contributed by atoms with Gasteiger partial charge in [0.15, 0.2) is 5.82 Å².